The number of aliphatic hydroxyl groups is 1. The van der Waals surface area contributed by atoms with Crippen molar-refractivity contribution in [3.8, 4) is 0 Å². The molecule has 1 aromatic carbocycles. The third-order valence-electron chi connectivity index (χ3n) is 6.02. The number of imidazole rings is 1. The first-order valence-electron chi connectivity index (χ1n) is 12.5. The number of rotatable bonds is 13. The number of aryl methyl sites for hydroxylation is 2. The maximum atomic E-state index is 10.3. The minimum atomic E-state index is -2.74. The van der Waals surface area contributed by atoms with E-state index in [-0.39, 0.29) is 0 Å². The largest absolute Gasteiger partial charge is 0.481 e. The molecule has 4 rings (SSSR count). The van der Waals surface area contributed by atoms with Gasteiger partial charge in [0, 0.05) is 43.6 Å². The molecule has 4 N–H and O–H groups in total. The van der Waals surface area contributed by atoms with E-state index in [0.717, 1.165) is 49.6 Å². The van der Waals surface area contributed by atoms with E-state index in [1.54, 1.807) is 0 Å². The fourth-order valence-corrected chi connectivity index (χ4v) is 4.15. The van der Waals surface area contributed by atoms with Gasteiger partial charge in [0.05, 0.1) is 31.2 Å². The molecular formula is C28H32N4O8. The Morgan fingerprint density at radius 3 is 2.30 bits per heavy atom. The van der Waals surface area contributed by atoms with Gasteiger partial charge in [-0.05, 0) is 37.1 Å². The van der Waals surface area contributed by atoms with Gasteiger partial charge in [-0.3, -0.25) is 19.5 Å². The van der Waals surface area contributed by atoms with E-state index >= 15 is 0 Å². The van der Waals surface area contributed by atoms with Gasteiger partial charge in [-0.25, -0.2) is 9.78 Å². The van der Waals surface area contributed by atoms with Crippen molar-refractivity contribution in [1.29, 1.82) is 0 Å². The van der Waals surface area contributed by atoms with Crippen LogP contribution in [0.25, 0.3) is 10.9 Å². The number of hydrogen-bond donors (Lipinski definition) is 4. The lowest BCUT2D eigenvalue weighted by atomic mass is 9.96. The van der Waals surface area contributed by atoms with Crippen molar-refractivity contribution in [2.24, 2.45) is 0 Å². The van der Waals surface area contributed by atoms with Crippen molar-refractivity contribution in [2.45, 2.75) is 51.4 Å². The number of aliphatic carboxylic acids is 3. The smallest absolute Gasteiger partial charge is 0.336 e. The van der Waals surface area contributed by atoms with Gasteiger partial charge in [0.25, 0.3) is 0 Å². The van der Waals surface area contributed by atoms with Crippen molar-refractivity contribution in [2.75, 3.05) is 6.54 Å². The summed E-state index contributed by atoms with van der Waals surface area (Å²) in [6.07, 6.45) is 6.33. The predicted molar refractivity (Wildman–Crippen MR) is 143 cm³/mol. The SMILES string of the molecule is Cc1ccc(CN(CCCn2ccnc2)Cc2cccc3cccnc23)o1.O=C(O)CC(O)(CC(=O)O)C(=O)O. The topological polar surface area (TPSA) is 179 Å². The molecule has 0 saturated carbocycles. The number of aromatic nitrogens is 3. The Hall–Kier alpha value is -4.55. The van der Waals surface area contributed by atoms with E-state index in [9.17, 15) is 14.4 Å². The fraction of sp³-hybridized carbons (Fsp3) is 0.321. The lowest BCUT2D eigenvalue weighted by Crippen LogP contribution is -2.42. The molecule has 0 saturated heterocycles. The fourth-order valence-electron chi connectivity index (χ4n) is 4.15. The number of carboxylic acid groups (broad SMARTS) is 3. The van der Waals surface area contributed by atoms with Crippen LogP contribution in [0.4, 0.5) is 0 Å². The first kappa shape index (κ1) is 30.0. The zero-order chi connectivity index (χ0) is 29.1. The Morgan fingerprint density at radius 2 is 1.70 bits per heavy atom. The monoisotopic (exact) mass is 552 g/mol. The second-order valence-corrected chi connectivity index (χ2v) is 9.35. The molecule has 4 aromatic rings. The Labute approximate surface area is 230 Å². The average molecular weight is 553 g/mol. The first-order chi connectivity index (χ1) is 19.1. The van der Waals surface area contributed by atoms with Crippen LogP contribution >= 0.6 is 0 Å². The van der Waals surface area contributed by atoms with Crippen molar-refractivity contribution in [1.82, 2.24) is 19.4 Å². The zero-order valence-electron chi connectivity index (χ0n) is 22.0. The van der Waals surface area contributed by atoms with Gasteiger partial charge < -0.3 is 29.4 Å². The molecule has 3 heterocycles. The summed E-state index contributed by atoms with van der Waals surface area (Å²) in [7, 11) is 0. The van der Waals surface area contributed by atoms with Crippen LogP contribution in [0.15, 0.2) is 71.8 Å². The Balaban J connectivity index is 0.000000289. The molecule has 212 valence electrons. The molecule has 3 aromatic heterocycles. The number of carboxylic acids is 3. The molecule has 40 heavy (non-hydrogen) atoms. The predicted octanol–water partition coefficient (Wildman–Crippen LogP) is 3.18. The normalized spacial score (nSPS) is 11.3. The molecule has 12 nitrogen and oxygen atoms in total. The highest BCUT2D eigenvalue weighted by atomic mass is 16.4. The number of para-hydroxylation sites is 1. The average Bonchev–Trinajstić information content (AvgIpc) is 3.55. The highest BCUT2D eigenvalue weighted by molar-refractivity contribution is 5.88. The minimum absolute atomic E-state index is 0.793. The molecular weight excluding hydrogens is 520 g/mol. The maximum absolute atomic E-state index is 10.3. The van der Waals surface area contributed by atoms with Gasteiger partial charge in [-0.1, -0.05) is 24.3 Å². The minimum Gasteiger partial charge on any atom is -0.481 e. The number of fused-ring (bicyclic) bond motifs is 1. The van der Waals surface area contributed by atoms with Crippen LogP contribution in [-0.2, 0) is 34.0 Å². The van der Waals surface area contributed by atoms with E-state index < -0.39 is 36.4 Å². The molecule has 0 aliphatic rings. The van der Waals surface area contributed by atoms with Crippen molar-refractivity contribution >= 4 is 28.8 Å². The highest BCUT2D eigenvalue weighted by Crippen LogP contribution is 2.20. The van der Waals surface area contributed by atoms with Gasteiger partial charge in [0.2, 0.25) is 0 Å². The molecule has 0 bridgehead atoms. The first-order valence-corrected chi connectivity index (χ1v) is 12.5. The second-order valence-electron chi connectivity index (χ2n) is 9.35. The molecule has 0 atom stereocenters. The number of furan rings is 1. The van der Waals surface area contributed by atoms with Gasteiger partial charge in [0.1, 0.15) is 11.5 Å². The van der Waals surface area contributed by atoms with E-state index in [1.807, 2.05) is 44.0 Å². The molecule has 0 fully saturated rings. The summed E-state index contributed by atoms with van der Waals surface area (Å²) >= 11 is 0. The highest BCUT2D eigenvalue weighted by Gasteiger charge is 2.40. The number of benzene rings is 1. The van der Waals surface area contributed by atoms with E-state index in [4.69, 9.17) is 24.8 Å². The van der Waals surface area contributed by atoms with Crippen LogP contribution in [-0.4, -0.2) is 69.9 Å². The van der Waals surface area contributed by atoms with Gasteiger partial charge in [0.15, 0.2) is 5.60 Å². The van der Waals surface area contributed by atoms with Crippen molar-refractivity contribution in [3.63, 3.8) is 0 Å². The Morgan fingerprint density at radius 1 is 0.975 bits per heavy atom. The van der Waals surface area contributed by atoms with Gasteiger partial charge in [-0.15, -0.1) is 0 Å². The summed E-state index contributed by atoms with van der Waals surface area (Å²) in [5, 5.41) is 35.0. The van der Waals surface area contributed by atoms with E-state index in [1.165, 1.54) is 10.9 Å². The molecule has 0 unspecified atom stereocenters. The lowest BCUT2D eigenvalue weighted by molar-refractivity contribution is -0.170. The zero-order valence-corrected chi connectivity index (χ0v) is 22.0. The van der Waals surface area contributed by atoms with E-state index in [0.29, 0.717) is 0 Å². The van der Waals surface area contributed by atoms with Crippen LogP contribution in [0.3, 0.4) is 0 Å². The third kappa shape index (κ3) is 9.03. The third-order valence-corrected chi connectivity index (χ3v) is 6.02. The molecule has 0 amide bonds. The molecule has 12 heteroatoms. The van der Waals surface area contributed by atoms with Crippen LogP contribution in [0.2, 0.25) is 0 Å². The summed E-state index contributed by atoms with van der Waals surface area (Å²) in [6.45, 7) is 5.56. The standard InChI is InChI=1S/C22H24N4O.C6H8O7/c1-18-8-9-21(27-18)16-26(13-4-12-25-14-11-23-17-25)15-20-6-2-5-19-7-3-10-24-22(19)20;7-3(8)1-6(13,5(11)12)2-4(9)10/h2-3,5-11,14,17H,4,12-13,15-16H2,1H3;13H,1-2H2,(H,7,8)(H,9,10)(H,11,12). The van der Waals surface area contributed by atoms with Crippen LogP contribution in [0, 0.1) is 6.92 Å². The lowest BCUT2D eigenvalue weighted by Gasteiger charge is -2.22. The number of nitrogens with zero attached hydrogens (tertiary/aromatic N) is 4. The summed E-state index contributed by atoms with van der Waals surface area (Å²) in [6, 6.07) is 14.6. The van der Waals surface area contributed by atoms with Crippen LogP contribution in [0.5, 0.6) is 0 Å². The second kappa shape index (κ2) is 14.0. The van der Waals surface area contributed by atoms with E-state index in [2.05, 4.69) is 49.8 Å². The summed E-state index contributed by atoms with van der Waals surface area (Å²) in [5.74, 6) is -3.06. The summed E-state index contributed by atoms with van der Waals surface area (Å²) in [4.78, 5) is 41.6. The summed E-state index contributed by atoms with van der Waals surface area (Å²) in [5.41, 5.74) is -0.410. The molecule has 0 spiro atoms. The maximum Gasteiger partial charge on any atom is 0.336 e. The Kier molecular flexibility index (Phi) is 10.5. The molecule has 0 aliphatic carbocycles. The molecule has 0 aliphatic heterocycles. The van der Waals surface area contributed by atoms with Crippen LogP contribution < -0.4 is 0 Å². The van der Waals surface area contributed by atoms with Crippen molar-refractivity contribution in [3.05, 3.63) is 84.5 Å². The van der Waals surface area contributed by atoms with Crippen molar-refractivity contribution < 1.29 is 39.2 Å². The van der Waals surface area contributed by atoms with Crippen LogP contribution in [0.1, 0.15) is 36.3 Å². The number of carbonyl (C=O) groups is 3. The van der Waals surface area contributed by atoms with Gasteiger partial charge in [-0.2, -0.15) is 0 Å². The number of hydrogen-bond acceptors (Lipinski definition) is 8. The summed E-state index contributed by atoms with van der Waals surface area (Å²) < 4.78 is 7.94. The quantitative estimate of drug-likeness (QED) is 0.191. The molecule has 0 radical (unpaired) electrons. The Bertz CT molecular complexity index is 1400. The van der Waals surface area contributed by atoms with Gasteiger partial charge >= 0.3 is 17.9 Å². The number of pyridine rings is 1.